The molecule has 2 aliphatic heterocycles. The maximum Gasteiger partial charge on any atom is 0.214 e. The Morgan fingerprint density at radius 2 is 1.80 bits per heavy atom. The van der Waals surface area contributed by atoms with Gasteiger partial charge in [0.15, 0.2) is 0 Å². The first-order valence-electron chi connectivity index (χ1n) is 9.30. The Hall–Kier alpha value is -0.950. The molecular weight excluding hydrogens is 338 g/mol. The van der Waals surface area contributed by atoms with Gasteiger partial charge in [0, 0.05) is 25.7 Å². The largest absolute Gasteiger partial charge is 0.377 e. The van der Waals surface area contributed by atoms with Crippen molar-refractivity contribution in [1.82, 2.24) is 4.72 Å². The van der Waals surface area contributed by atoms with E-state index >= 15 is 0 Å². The second kappa shape index (κ2) is 8.62. The van der Waals surface area contributed by atoms with Gasteiger partial charge in [-0.1, -0.05) is 29.8 Å². The number of ether oxygens (including phenoxy) is 2. The minimum atomic E-state index is -3.32. The maximum absolute atomic E-state index is 12.4. The van der Waals surface area contributed by atoms with E-state index in [9.17, 15) is 8.42 Å². The molecule has 0 spiro atoms. The van der Waals surface area contributed by atoms with Crippen molar-refractivity contribution in [3.05, 3.63) is 35.4 Å². The highest BCUT2D eigenvalue weighted by molar-refractivity contribution is 7.89. The SMILES string of the molecule is Cc1ccc([C@@H]2OCCC[C@H]2CNS(=O)(=O)C[C@H]2CCCCO2)cc1. The molecule has 0 saturated carbocycles. The Bertz CT molecular complexity index is 638. The number of nitrogens with one attached hydrogen (secondary N) is 1. The van der Waals surface area contributed by atoms with Gasteiger partial charge in [0.1, 0.15) is 0 Å². The third-order valence-electron chi connectivity index (χ3n) is 5.10. The highest BCUT2D eigenvalue weighted by Gasteiger charge is 2.29. The molecule has 1 aromatic rings. The molecule has 2 fully saturated rings. The molecule has 0 unspecified atom stereocenters. The Labute approximate surface area is 151 Å². The lowest BCUT2D eigenvalue weighted by Crippen LogP contribution is -2.39. The van der Waals surface area contributed by atoms with Crippen molar-refractivity contribution in [2.75, 3.05) is 25.5 Å². The molecule has 5 nitrogen and oxygen atoms in total. The van der Waals surface area contributed by atoms with Crippen LogP contribution in [0.25, 0.3) is 0 Å². The van der Waals surface area contributed by atoms with E-state index in [1.807, 2.05) is 0 Å². The van der Waals surface area contributed by atoms with Crippen LogP contribution in [0.5, 0.6) is 0 Å². The molecule has 25 heavy (non-hydrogen) atoms. The van der Waals surface area contributed by atoms with Gasteiger partial charge in [-0.3, -0.25) is 0 Å². The first-order valence-corrected chi connectivity index (χ1v) is 11.0. The normalized spacial score (nSPS) is 28.0. The van der Waals surface area contributed by atoms with Crippen LogP contribution >= 0.6 is 0 Å². The number of rotatable bonds is 6. The van der Waals surface area contributed by atoms with Gasteiger partial charge in [0.05, 0.1) is 18.0 Å². The lowest BCUT2D eigenvalue weighted by molar-refractivity contribution is -0.0262. The fourth-order valence-electron chi connectivity index (χ4n) is 3.65. The van der Waals surface area contributed by atoms with E-state index in [4.69, 9.17) is 9.47 Å². The second-order valence-corrected chi connectivity index (χ2v) is 9.07. The molecule has 0 radical (unpaired) electrons. The van der Waals surface area contributed by atoms with Gasteiger partial charge in [-0.2, -0.15) is 0 Å². The summed E-state index contributed by atoms with van der Waals surface area (Å²) in [6.45, 7) is 3.89. The third kappa shape index (κ3) is 5.51. The van der Waals surface area contributed by atoms with Crippen LogP contribution in [0.2, 0.25) is 0 Å². The molecule has 1 N–H and O–H groups in total. The van der Waals surface area contributed by atoms with E-state index in [0.717, 1.165) is 44.3 Å². The van der Waals surface area contributed by atoms with Crippen molar-refractivity contribution in [3.8, 4) is 0 Å². The van der Waals surface area contributed by atoms with Crippen LogP contribution in [0, 0.1) is 12.8 Å². The van der Waals surface area contributed by atoms with E-state index in [1.54, 1.807) is 0 Å². The van der Waals surface area contributed by atoms with Crippen molar-refractivity contribution >= 4 is 10.0 Å². The first kappa shape index (κ1) is 18.8. The van der Waals surface area contributed by atoms with Gasteiger partial charge in [0.25, 0.3) is 0 Å². The number of benzene rings is 1. The average molecular weight is 368 g/mol. The zero-order valence-corrected chi connectivity index (χ0v) is 15.8. The van der Waals surface area contributed by atoms with Crippen LogP contribution in [-0.2, 0) is 19.5 Å². The lowest BCUT2D eigenvalue weighted by Gasteiger charge is -2.32. The predicted molar refractivity (Wildman–Crippen MR) is 98.0 cm³/mol. The fourth-order valence-corrected chi connectivity index (χ4v) is 4.99. The third-order valence-corrected chi connectivity index (χ3v) is 6.51. The van der Waals surface area contributed by atoms with Crippen LogP contribution in [0.15, 0.2) is 24.3 Å². The van der Waals surface area contributed by atoms with Crippen molar-refractivity contribution in [1.29, 1.82) is 0 Å². The molecule has 3 rings (SSSR count). The molecule has 6 heteroatoms. The van der Waals surface area contributed by atoms with Crippen molar-refractivity contribution in [2.45, 2.75) is 51.2 Å². The summed E-state index contributed by atoms with van der Waals surface area (Å²) in [6, 6.07) is 8.33. The highest BCUT2D eigenvalue weighted by Crippen LogP contribution is 2.33. The zero-order chi connectivity index (χ0) is 17.7. The fraction of sp³-hybridized carbons (Fsp3) is 0.684. The second-order valence-electron chi connectivity index (χ2n) is 7.22. The molecule has 140 valence electrons. The minimum absolute atomic E-state index is 0.0389. The lowest BCUT2D eigenvalue weighted by atomic mass is 9.89. The average Bonchev–Trinajstić information content (AvgIpc) is 2.62. The molecular formula is C19H29NO4S. The predicted octanol–water partition coefficient (Wildman–Crippen LogP) is 2.95. The molecule has 2 aliphatic rings. The molecule has 0 aliphatic carbocycles. The molecule has 1 aromatic carbocycles. The van der Waals surface area contributed by atoms with E-state index in [2.05, 4.69) is 35.9 Å². The quantitative estimate of drug-likeness (QED) is 0.840. The van der Waals surface area contributed by atoms with E-state index < -0.39 is 10.0 Å². The summed E-state index contributed by atoms with van der Waals surface area (Å²) in [5.74, 6) is 0.231. The number of aryl methyl sites for hydroxylation is 1. The van der Waals surface area contributed by atoms with Crippen LogP contribution in [0.4, 0.5) is 0 Å². The number of sulfonamides is 1. The Morgan fingerprint density at radius 3 is 2.52 bits per heavy atom. The Morgan fingerprint density at radius 1 is 1.04 bits per heavy atom. The summed E-state index contributed by atoms with van der Waals surface area (Å²) in [5, 5.41) is 0. The molecule has 3 atom stereocenters. The number of hydrogen-bond donors (Lipinski definition) is 1. The molecule has 0 aromatic heterocycles. The monoisotopic (exact) mass is 367 g/mol. The van der Waals surface area contributed by atoms with Gasteiger partial charge in [-0.15, -0.1) is 0 Å². The van der Waals surface area contributed by atoms with Crippen molar-refractivity contribution in [2.24, 2.45) is 5.92 Å². The summed E-state index contributed by atoms with van der Waals surface area (Å²) in [6.07, 6.45) is 4.65. The van der Waals surface area contributed by atoms with Gasteiger partial charge in [-0.05, 0) is 44.6 Å². The summed E-state index contributed by atoms with van der Waals surface area (Å²) >= 11 is 0. The van der Waals surface area contributed by atoms with E-state index in [0.29, 0.717) is 13.2 Å². The summed E-state index contributed by atoms with van der Waals surface area (Å²) in [7, 11) is -3.32. The van der Waals surface area contributed by atoms with E-state index in [-0.39, 0.29) is 23.9 Å². The molecule has 0 bridgehead atoms. The van der Waals surface area contributed by atoms with Crippen LogP contribution in [0.1, 0.15) is 49.3 Å². The van der Waals surface area contributed by atoms with Gasteiger partial charge >= 0.3 is 0 Å². The Kier molecular flexibility index (Phi) is 6.49. The summed E-state index contributed by atoms with van der Waals surface area (Å²) in [5.41, 5.74) is 2.34. The topological polar surface area (TPSA) is 64.6 Å². The van der Waals surface area contributed by atoms with Gasteiger partial charge < -0.3 is 9.47 Å². The van der Waals surface area contributed by atoms with Crippen LogP contribution in [-0.4, -0.2) is 40.0 Å². The summed E-state index contributed by atoms with van der Waals surface area (Å²) in [4.78, 5) is 0. The molecule has 2 heterocycles. The van der Waals surface area contributed by atoms with Crippen LogP contribution < -0.4 is 4.72 Å². The smallest absolute Gasteiger partial charge is 0.214 e. The summed E-state index contributed by atoms with van der Waals surface area (Å²) < 4.78 is 39.1. The highest BCUT2D eigenvalue weighted by atomic mass is 32.2. The van der Waals surface area contributed by atoms with Gasteiger partial charge in [-0.25, -0.2) is 13.1 Å². The molecule has 0 amide bonds. The number of hydrogen-bond acceptors (Lipinski definition) is 4. The maximum atomic E-state index is 12.4. The van der Waals surface area contributed by atoms with Gasteiger partial charge in [0.2, 0.25) is 10.0 Å². The van der Waals surface area contributed by atoms with E-state index in [1.165, 1.54) is 5.56 Å². The van der Waals surface area contributed by atoms with Crippen molar-refractivity contribution in [3.63, 3.8) is 0 Å². The van der Waals surface area contributed by atoms with Crippen molar-refractivity contribution < 1.29 is 17.9 Å². The van der Waals surface area contributed by atoms with Crippen LogP contribution in [0.3, 0.4) is 0 Å². The minimum Gasteiger partial charge on any atom is -0.377 e. The standard InChI is InChI=1S/C19H29NO4S/c1-15-7-9-16(10-8-15)19-17(5-4-12-24-19)13-20-25(21,22)14-18-6-2-3-11-23-18/h7-10,17-20H,2-6,11-14H2,1H3/t17-,18+,19-/m0/s1. The zero-order valence-electron chi connectivity index (χ0n) is 14.9. The molecule has 2 saturated heterocycles. The first-order chi connectivity index (χ1) is 12.0. The Balaban J connectivity index is 1.58.